The van der Waals surface area contributed by atoms with Gasteiger partial charge in [0, 0.05) is 55.2 Å². The molecular weight excluding hydrogens is 881 g/mol. The van der Waals surface area contributed by atoms with E-state index in [2.05, 4.69) is 31.0 Å². The van der Waals surface area contributed by atoms with E-state index in [0.717, 1.165) is 43.4 Å². The Balaban J connectivity index is 0.784. The Bertz CT molecular complexity index is 3310. The van der Waals surface area contributed by atoms with Crippen LogP contribution in [0, 0.1) is 6.92 Å². The molecule has 1 unspecified atom stereocenters. The SMILES string of the molecule is Cc1c(Oc2ccc(CCC(=O)Nc3ccc4c(C5CCC(=O)NC5=O)nn(C)c4c3)cc2)cccc1-c1ccc(N2CCc3cccc(C(=O)Nc4nc5ccccc5s4)c3C2)nc1C(=O)O. The van der Waals surface area contributed by atoms with Crippen molar-refractivity contribution in [3.05, 3.63) is 154 Å². The zero-order valence-corrected chi connectivity index (χ0v) is 37.9. The van der Waals surface area contributed by atoms with E-state index in [1.165, 1.54) is 11.3 Å². The maximum absolute atomic E-state index is 13.6. The highest BCUT2D eigenvalue weighted by Gasteiger charge is 2.32. The van der Waals surface area contributed by atoms with Gasteiger partial charge in [0.15, 0.2) is 10.8 Å². The fourth-order valence-electron chi connectivity index (χ4n) is 9.01. The molecule has 5 heterocycles. The second kappa shape index (κ2) is 18.2. The minimum Gasteiger partial charge on any atom is -0.476 e. The second-order valence-corrected chi connectivity index (χ2v) is 17.9. The molecule has 68 heavy (non-hydrogen) atoms. The van der Waals surface area contributed by atoms with Gasteiger partial charge in [-0.1, -0.05) is 59.9 Å². The molecule has 0 aliphatic carbocycles. The lowest BCUT2D eigenvalue weighted by Crippen LogP contribution is -2.39. The Morgan fingerprint density at radius 3 is 2.51 bits per heavy atom. The summed E-state index contributed by atoms with van der Waals surface area (Å²) in [5.74, 6) is -1.11. The van der Waals surface area contributed by atoms with Crippen molar-refractivity contribution in [3.63, 3.8) is 0 Å². The number of hydrogen-bond acceptors (Lipinski definition) is 11. The highest BCUT2D eigenvalue weighted by molar-refractivity contribution is 7.22. The lowest BCUT2D eigenvalue weighted by atomic mass is 9.93. The van der Waals surface area contributed by atoms with Crippen LogP contribution in [0.5, 0.6) is 11.5 Å². The number of carboxylic acids is 1. The van der Waals surface area contributed by atoms with Gasteiger partial charge in [0.25, 0.3) is 5.91 Å². The van der Waals surface area contributed by atoms with Crippen molar-refractivity contribution in [3.8, 4) is 22.6 Å². The number of benzene rings is 5. The average Bonchev–Trinajstić information content (AvgIpc) is 3.90. The molecule has 10 rings (SSSR count). The van der Waals surface area contributed by atoms with Gasteiger partial charge in [-0.05, 0) is 121 Å². The number of hydrogen-bond donors (Lipinski definition) is 4. The molecule has 5 aromatic carbocycles. The first-order valence-corrected chi connectivity index (χ1v) is 23.0. The van der Waals surface area contributed by atoms with Gasteiger partial charge < -0.3 is 20.1 Å². The number of fused-ring (bicyclic) bond motifs is 3. The van der Waals surface area contributed by atoms with Crippen LogP contribution in [0.15, 0.2) is 115 Å². The number of aromatic nitrogens is 4. The van der Waals surface area contributed by atoms with Crippen molar-refractivity contribution >= 4 is 78.7 Å². The van der Waals surface area contributed by atoms with Gasteiger partial charge in [-0.15, -0.1) is 0 Å². The van der Waals surface area contributed by atoms with Crippen LogP contribution in [-0.2, 0) is 40.8 Å². The number of nitrogens with zero attached hydrogens (tertiary/aromatic N) is 5. The smallest absolute Gasteiger partial charge is 0.355 e. The maximum Gasteiger partial charge on any atom is 0.355 e. The lowest BCUT2D eigenvalue weighted by molar-refractivity contribution is -0.134. The fourth-order valence-corrected chi connectivity index (χ4v) is 9.87. The fraction of sp³-hybridized carbons (Fsp3) is 0.192. The van der Waals surface area contributed by atoms with E-state index in [1.807, 2.05) is 109 Å². The number of piperidine rings is 1. The molecule has 2 aliphatic rings. The predicted octanol–water partition coefficient (Wildman–Crippen LogP) is 8.95. The molecule has 1 atom stereocenters. The molecule has 0 saturated carbocycles. The summed E-state index contributed by atoms with van der Waals surface area (Å²) in [4.78, 5) is 74.9. The minimum atomic E-state index is -1.17. The summed E-state index contributed by atoms with van der Waals surface area (Å²) in [5, 5.41) is 24.7. The Hall–Kier alpha value is -8.24. The number of ether oxygens (including phenoxy) is 1. The Morgan fingerprint density at radius 1 is 0.882 bits per heavy atom. The summed E-state index contributed by atoms with van der Waals surface area (Å²) >= 11 is 1.42. The summed E-state index contributed by atoms with van der Waals surface area (Å²) < 4.78 is 8.99. The maximum atomic E-state index is 13.6. The number of rotatable bonds is 12. The number of carbonyl (C=O) groups is 5. The van der Waals surface area contributed by atoms with Crippen LogP contribution in [0.2, 0.25) is 0 Å². The van der Waals surface area contributed by atoms with Crippen LogP contribution in [0.25, 0.3) is 32.2 Å². The topological polar surface area (TPSA) is 198 Å². The second-order valence-electron chi connectivity index (χ2n) is 16.9. The predicted molar refractivity (Wildman–Crippen MR) is 259 cm³/mol. The molecule has 16 heteroatoms. The Kier molecular flexibility index (Phi) is 11.7. The summed E-state index contributed by atoms with van der Waals surface area (Å²) in [6.07, 6.45) is 2.03. The first-order valence-electron chi connectivity index (χ1n) is 22.2. The lowest BCUT2D eigenvalue weighted by Gasteiger charge is -2.31. The van der Waals surface area contributed by atoms with Crippen molar-refractivity contribution in [1.29, 1.82) is 0 Å². The van der Waals surface area contributed by atoms with Crippen LogP contribution >= 0.6 is 11.3 Å². The molecule has 1 fully saturated rings. The third-order valence-corrected chi connectivity index (χ3v) is 13.5. The molecule has 8 aromatic rings. The molecule has 340 valence electrons. The van der Waals surface area contributed by atoms with Gasteiger partial charge >= 0.3 is 5.97 Å². The van der Waals surface area contributed by atoms with Gasteiger partial charge in [0.05, 0.1) is 27.3 Å². The molecule has 0 radical (unpaired) electrons. The summed E-state index contributed by atoms with van der Waals surface area (Å²) in [6.45, 7) is 2.85. The number of imide groups is 1. The molecule has 2 aliphatic heterocycles. The highest BCUT2D eigenvalue weighted by Crippen LogP contribution is 2.37. The number of aromatic carboxylic acids is 1. The van der Waals surface area contributed by atoms with Gasteiger partial charge in [0.2, 0.25) is 17.7 Å². The summed E-state index contributed by atoms with van der Waals surface area (Å²) in [5.41, 5.74) is 7.94. The first-order chi connectivity index (χ1) is 32.9. The standard InChI is InChI=1S/C52H44N8O7S/c1-29-34(35-20-22-44(55-48(35)51(65)66)60-26-25-31-7-5-9-36(39(31)28-60)49(63)57-52-54-40-10-3-4-12-43(40)68-52)8-6-11-42(29)67-33-17-13-30(14-18-33)15-23-45(61)53-32-16-19-37-41(27-32)59(2)58-47(37)38-21-24-46(62)56-50(38)64/h3-14,16-20,22,27,38H,15,21,23-26,28H2,1-2H3,(H,53,61)(H,65,66)(H,54,57,63)(H,56,62,64). The van der Waals surface area contributed by atoms with E-state index in [1.54, 1.807) is 29.9 Å². The van der Waals surface area contributed by atoms with Crippen molar-refractivity contribution in [2.45, 2.75) is 51.5 Å². The van der Waals surface area contributed by atoms with Crippen LogP contribution in [0.1, 0.15) is 74.0 Å². The van der Waals surface area contributed by atoms with Crippen LogP contribution in [0.4, 0.5) is 16.6 Å². The van der Waals surface area contributed by atoms with Gasteiger partial charge in [-0.25, -0.2) is 14.8 Å². The summed E-state index contributed by atoms with van der Waals surface area (Å²) in [6, 6.07) is 35.5. The molecule has 15 nitrogen and oxygen atoms in total. The van der Waals surface area contributed by atoms with E-state index >= 15 is 0 Å². The highest BCUT2D eigenvalue weighted by atomic mass is 32.1. The van der Waals surface area contributed by atoms with E-state index in [-0.39, 0.29) is 42.2 Å². The van der Waals surface area contributed by atoms with Crippen LogP contribution in [0.3, 0.4) is 0 Å². The van der Waals surface area contributed by atoms with Crippen molar-refractivity contribution in [1.82, 2.24) is 25.1 Å². The van der Waals surface area contributed by atoms with Crippen molar-refractivity contribution in [2.75, 3.05) is 22.1 Å². The normalized spacial score (nSPS) is 14.7. The molecule has 4 amide bonds. The quantitative estimate of drug-likeness (QED) is 0.0854. The molecule has 0 spiro atoms. The largest absolute Gasteiger partial charge is 0.476 e. The molecular formula is C52H44N8O7S. The molecule has 4 N–H and O–H groups in total. The number of para-hydroxylation sites is 1. The zero-order valence-electron chi connectivity index (χ0n) is 37.0. The molecule has 0 bridgehead atoms. The van der Waals surface area contributed by atoms with Crippen LogP contribution in [-0.4, -0.2) is 61.0 Å². The molecule has 1 saturated heterocycles. The van der Waals surface area contributed by atoms with E-state index in [9.17, 15) is 29.1 Å². The van der Waals surface area contributed by atoms with E-state index in [0.29, 0.717) is 82.9 Å². The van der Waals surface area contributed by atoms with E-state index < -0.39 is 11.9 Å². The number of amides is 4. The molecule has 3 aromatic heterocycles. The van der Waals surface area contributed by atoms with Crippen LogP contribution < -0.4 is 25.6 Å². The summed E-state index contributed by atoms with van der Waals surface area (Å²) in [7, 11) is 1.78. The van der Waals surface area contributed by atoms with Gasteiger partial charge in [0.1, 0.15) is 17.3 Å². The van der Waals surface area contributed by atoms with Gasteiger partial charge in [-0.2, -0.15) is 5.10 Å². The third kappa shape index (κ3) is 8.76. The first kappa shape index (κ1) is 43.6. The number of anilines is 3. The number of aryl methyl sites for hydroxylation is 2. The van der Waals surface area contributed by atoms with Crippen molar-refractivity contribution in [2.24, 2.45) is 7.05 Å². The van der Waals surface area contributed by atoms with Crippen molar-refractivity contribution < 1.29 is 33.8 Å². The monoisotopic (exact) mass is 924 g/mol. The number of nitrogens with one attached hydrogen (secondary N) is 3. The number of carbonyl (C=O) groups excluding carboxylic acids is 4. The van der Waals surface area contributed by atoms with E-state index in [4.69, 9.17) is 4.74 Å². The zero-order chi connectivity index (χ0) is 47.1. The number of thiazole rings is 1. The number of carboxylic acid groups (broad SMARTS) is 1. The third-order valence-electron chi connectivity index (χ3n) is 12.5. The average molecular weight is 925 g/mol. The van der Waals surface area contributed by atoms with Gasteiger partial charge in [-0.3, -0.25) is 34.5 Å². The minimum absolute atomic E-state index is 0.0970. The Morgan fingerprint density at radius 2 is 1.71 bits per heavy atom. The number of pyridine rings is 1. The Labute approximate surface area is 393 Å².